The van der Waals surface area contributed by atoms with E-state index in [1.165, 1.54) is 6.07 Å². The fourth-order valence-electron chi connectivity index (χ4n) is 1.31. The summed E-state index contributed by atoms with van der Waals surface area (Å²) in [6, 6.07) is 3.10. The van der Waals surface area contributed by atoms with Crippen LogP contribution in [0, 0.1) is 5.82 Å². The van der Waals surface area contributed by atoms with Crippen LogP contribution in [0.5, 0.6) is 0 Å². The van der Waals surface area contributed by atoms with Crippen LogP contribution in [-0.4, -0.2) is 30.7 Å². The van der Waals surface area contributed by atoms with E-state index in [0.717, 1.165) is 19.1 Å². The number of carbonyl (C=O) groups is 2. The predicted octanol–water partition coefficient (Wildman–Crippen LogP) is 0.312. The van der Waals surface area contributed by atoms with Crippen LogP contribution in [0.1, 0.15) is 22.8 Å². The molecule has 8 heteroatoms. The lowest BCUT2D eigenvalue weighted by molar-refractivity contribution is -0.136. The second-order valence-electron chi connectivity index (χ2n) is 3.96. The molecule has 3 N–H and O–H groups in total. The van der Waals surface area contributed by atoms with Gasteiger partial charge in [-0.2, -0.15) is 0 Å². The quantitative estimate of drug-likeness (QED) is 0.809. The number of carboxylic acids is 1. The summed E-state index contributed by atoms with van der Waals surface area (Å²) < 4.78 is 36.9. The zero-order valence-electron chi connectivity index (χ0n) is 9.96. The number of hydrogen-bond acceptors (Lipinski definition) is 4. The van der Waals surface area contributed by atoms with Crippen molar-refractivity contribution in [2.45, 2.75) is 17.9 Å². The normalized spacial score (nSPS) is 12.9. The first-order valence-corrected chi connectivity index (χ1v) is 6.89. The lowest BCUT2D eigenvalue weighted by Crippen LogP contribution is -2.28. The first-order valence-electron chi connectivity index (χ1n) is 5.17. The fourth-order valence-corrected chi connectivity index (χ4v) is 2.54. The molecule has 0 aliphatic rings. The highest BCUT2D eigenvalue weighted by atomic mass is 32.2. The average Bonchev–Trinajstić information content (AvgIpc) is 2.30. The highest BCUT2D eigenvalue weighted by Gasteiger charge is 2.28. The summed E-state index contributed by atoms with van der Waals surface area (Å²) in [5.74, 6) is -4.02. The van der Waals surface area contributed by atoms with Crippen molar-refractivity contribution >= 4 is 21.7 Å². The highest BCUT2D eigenvalue weighted by molar-refractivity contribution is 7.91. The molecule has 0 aromatic heterocycles. The maximum Gasteiger partial charge on any atom is 0.321 e. The summed E-state index contributed by atoms with van der Waals surface area (Å²) >= 11 is 0. The van der Waals surface area contributed by atoms with Crippen molar-refractivity contribution in [2.75, 3.05) is 0 Å². The molecule has 1 atom stereocenters. The van der Waals surface area contributed by atoms with Gasteiger partial charge in [0.25, 0.3) is 0 Å². The number of aliphatic carboxylic acids is 1. The van der Waals surface area contributed by atoms with E-state index in [9.17, 15) is 22.4 Å². The van der Waals surface area contributed by atoms with Gasteiger partial charge in [-0.3, -0.25) is 9.59 Å². The third-order valence-electron chi connectivity index (χ3n) is 2.58. The van der Waals surface area contributed by atoms with Crippen molar-refractivity contribution in [1.29, 1.82) is 0 Å². The average molecular weight is 289 g/mol. The maximum atomic E-state index is 13.6. The van der Waals surface area contributed by atoms with Crippen LogP contribution < -0.4 is 5.73 Å². The van der Waals surface area contributed by atoms with Crippen molar-refractivity contribution in [3.63, 3.8) is 0 Å². The number of halogens is 1. The first kappa shape index (κ1) is 15.1. The van der Waals surface area contributed by atoms with Crippen molar-refractivity contribution < 1.29 is 27.5 Å². The third-order valence-corrected chi connectivity index (χ3v) is 4.57. The van der Waals surface area contributed by atoms with Crippen LogP contribution in [0.15, 0.2) is 18.2 Å². The van der Waals surface area contributed by atoms with Crippen molar-refractivity contribution in [1.82, 2.24) is 0 Å². The van der Waals surface area contributed by atoms with Gasteiger partial charge in [-0.1, -0.05) is 6.07 Å². The van der Waals surface area contributed by atoms with Gasteiger partial charge >= 0.3 is 5.97 Å². The Bertz CT molecular complexity index is 626. The number of primary amides is 1. The topological polar surface area (TPSA) is 115 Å². The van der Waals surface area contributed by atoms with E-state index in [1.807, 2.05) is 0 Å². The van der Waals surface area contributed by atoms with E-state index in [2.05, 4.69) is 0 Å². The van der Waals surface area contributed by atoms with Gasteiger partial charge in [0.2, 0.25) is 5.91 Å². The smallest absolute Gasteiger partial charge is 0.321 e. The minimum Gasteiger partial charge on any atom is -0.480 e. The van der Waals surface area contributed by atoms with E-state index in [1.54, 1.807) is 0 Å². The molecule has 0 heterocycles. The standard InChI is InChI=1S/C11H12FNO5S/c1-6(11(15)16)19(17,18)5-8-3-2-7(10(13)14)4-9(8)12/h2-4,6H,5H2,1H3,(H2,13,14)(H,15,16). The molecule has 1 aromatic carbocycles. The molecule has 0 fully saturated rings. The number of nitrogens with two attached hydrogens (primary N) is 1. The SMILES string of the molecule is CC(C(=O)O)S(=O)(=O)Cc1ccc(C(N)=O)cc1F. The van der Waals surface area contributed by atoms with Gasteiger partial charge in [0.05, 0.1) is 5.75 Å². The number of carbonyl (C=O) groups excluding carboxylic acids is 1. The molecule has 0 bridgehead atoms. The summed E-state index contributed by atoms with van der Waals surface area (Å²) in [5, 5.41) is 7.01. The summed E-state index contributed by atoms with van der Waals surface area (Å²) in [5.41, 5.74) is 4.64. The Morgan fingerprint density at radius 3 is 2.42 bits per heavy atom. The zero-order valence-corrected chi connectivity index (χ0v) is 10.8. The second-order valence-corrected chi connectivity index (χ2v) is 6.28. The minimum absolute atomic E-state index is 0.0927. The van der Waals surface area contributed by atoms with E-state index in [-0.39, 0.29) is 11.1 Å². The predicted molar refractivity (Wildman–Crippen MR) is 64.6 cm³/mol. The van der Waals surface area contributed by atoms with E-state index in [0.29, 0.717) is 0 Å². The van der Waals surface area contributed by atoms with Crippen LogP contribution in [0.2, 0.25) is 0 Å². The van der Waals surface area contributed by atoms with Gasteiger partial charge in [-0.15, -0.1) is 0 Å². The Labute approximate surface area is 109 Å². The van der Waals surface area contributed by atoms with Gasteiger partial charge in [0, 0.05) is 11.1 Å². The molecular weight excluding hydrogens is 277 g/mol. The Morgan fingerprint density at radius 1 is 1.42 bits per heavy atom. The summed E-state index contributed by atoms with van der Waals surface area (Å²) in [6.45, 7) is 1.01. The lowest BCUT2D eigenvalue weighted by Gasteiger charge is -2.09. The maximum absolute atomic E-state index is 13.6. The van der Waals surface area contributed by atoms with Gasteiger partial charge in [0.15, 0.2) is 15.1 Å². The lowest BCUT2D eigenvalue weighted by atomic mass is 10.1. The molecule has 0 aliphatic carbocycles. The van der Waals surface area contributed by atoms with Crippen LogP contribution in [0.4, 0.5) is 4.39 Å². The summed E-state index contributed by atoms with van der Waals surface area (Å²) in [7, 11) is -4.02. The molecule has 0 saturated carbocycles. The van der Waals surface area contributed by atoms with E-state index >= 15 is 0 Å². The van der Waals surface area contributed by atoms with Crippen molar-refractivity contribution in [2.24, 2.45) is 5.73 Å². The highest BCUT2D eigenvalue weighted by Crippen LogP contribution is 2.16. The fraction of sp³-hybridized carbons (Fsp3) is 0.273. The van der Waals surface area contributed by atoms with Gasteiger partial charge in [-0.25, -0.2) is 12.8 Å². The van der Waals surface area contributed by atoms with Crippen molar-refractivity contribution in [3.8, 4) is 0 Å². The van der Waals surface area contributed by atoms with Gasteiger partial charge < -0.3 is 10.8 Å². The first-order chi connectivity index (χ1) is 8.65. The molecule has 6 nitrogen and oxygen atoms in total. The minimum atomic E-state index is -4.02. The van der Waals surface area contributed by atoms with Crippen LogP contribution in [0.3, 0.4) is 0 Å². The van der Waals surface area contributed by atoms with Gasteiger partial charge in [0.1, 0.15) is 5.82 Å². The number of sulfone groups is 1. The Kier molecular flexibility index (Phi) is 4.25. The summed E-state index contributed by atoms with van der Waals surface area (Å²) in [4.78, 5) is 21.4. The molecular formula is C11H12FNO5S. The van der Waals surface area contributed by atoms with Gasteiger partial charge in [-0.05, 0) is 19.1 Å². The number of carboxylic acid groups (broad SMARTS) is 1. The molecule has 0 aliphatic heterocycles. The number of benzene rings is 1. The van der Waals surface area contributed by atoms with E-state index in [4.69, 9.17) is 10.8 Å². The molecule has 1 amide bonds. The molecule has 19 heavy (non-hydrogen) atoms. The van der Waals surface area contributed by atoms with Crippen molar-refractivity contribution in [3.05, 3.63) is 35.1 Å². The number of hydrogen-bond donors (Lipinski definition) is 2. The Balaban J connectivity index is 3.07. The van der Waals surface area contributed by atoms with Crippen LogP contribution in [0.25, 0.3) is 0 Å². The molecule has 1 aromatic rings. The zero-order chi connectivity index (χ0) is 14.8. The van der Waals surface area contributed by atoms with Crippen LogP contribution in [-0.2, 0) is 20.4 Å². The largest absolute Gasteiger partial charge is 0.480 e. The Morgan fingerprint density at radius 2 is 2.00 bits per heavy atom. The monoisotopic (exact) mass is 289 g/mol. The number of rotatable bonds is 5. The molecule has 0 spiro atoms. The summed E-state index contributed by atoms with van der Waals surface area (Å²) in [6.07, 6.45) is 0. The molecule has 1 unspecified atom stereocenters. The molecule has 0 radical (unpaired) electrons. The van der Waals surface area contributed by atoms with Crippen LogP contribution >= 0.6 is 0 Å². The Hall–Kier alpha value is -1.96. The molecule has 104 valence electrons. The molecule has 0 saturated heterocycles. The molecule has 1 rings (SSSR count). The second kappa shape index (κ2) is 5.35. The number of amides is 1. The van der Waals surface area contributed by atoms with E-state index < -0.39 is 38.5 Å². The third kappa shape index (κ3) is 3.50.